The molecule has 4 atom stereocenters. The molecule has 4 heterocycles. The van der Waals surface area contributed by atoms with Crippen molar-refractivity contribution in [1.29, 1.82) is 0 Å². The van der Waals surface area contributed by atoms with E-state index in [1.807, 2.05) is 25.7 Å². The lowest BCUT2D eigenvalue weighted by Crippen LogP contribution is -2.54. The highest BCUT2D eigenvalue weighted by Gasteiger charge is 2.52. The lowest BCUT2D eigenvalue weighted by molar-refractivity contribution is -0.137. The van der Waals surface area contributed by atoms with E-state index in [2.05, 4.69) is 44.3 Å². The Hall–Kier alpha value is -5.93. The first-order chi connectivity index (χ1) is 28.4. The number of nitrogens with one attached hydrogen (secondary N) is 3. The third-order valence-electron chi connectivity index (χ3n) is 12.0. The number of alkyl carbamates (subject to hydrolysis) is 1. The number of aromatic amines is 1. The van der Waals surface area contributed by atoms with Gasteiger partial charge in [0.1, 0.15) is 17.7 Å². The summed E-state index contributed by atoms with van der Waals surface area (Å²) >= 11 is 0. The number of alkyl halides is 3. The normalized spacial score (nSPS) is 20.5. The van der Waals surface area contributed by atoms with Gasteiger partial charge in [-0.1, -0.05) is 58.0 Å². The van der Waals surface area contributed by atoms with Gasteiger partial charge in [0.05, 0.1) is 36.2 Å². The Labute approximate surface area is 347 Å². The number of rotatable bonds is 10. The zero-order valence-corrected chi connectivity index (χ0v) is 34.6. The highest BCUT2D eigenvalue weighted by Crippen LogP contribution is 2.52. The van der Waals surface area contributed by atoms with Gasteiger partial charge in [0, 0.05) is 50.0 Å². The van der Waals surface area contributed by atoms with Crippen molar-refractivity contribution >= 4 is 35.3 Å². The van der Waals surface area contributed by atoms with Crippen LogP contribution in [0.15, 0.2) is 67.0 Å². The molecule has 60 heavy (non-hydrogen) atoms. The molecular weight excluding hydrogens is 778 g/mol. The van der Waals surface area contributed by atoms with Crippen LogP contribution in [0.4, 0.5) is 29.5 Å². The van der Waals surface area contributed by atoms with Gasteiger partial charge < -0.3 is 35.1 Å². The summed E-state index contributed by atoms with van der Waals surface area (Å²) in [6.07, 6.45) is -0.0525. The van der Waals surface area contributed by atoms with E-state index in [4.69, 9.17) is 4.74 Å². The summed E-state index contributed by atoms with van der Waals surface area (Å²) in [5, 5.41) is 5.22. The number of benzene rings is 2. The molecular formula is C44H51F3N8O5. The van der Waals surface area contributed by atoms with Crippen LogP contribution in [0.3, 0.4) is 0 Å². The van der Waals surface area contributed by atoms with Crippen LogP contribution in [0.1, 0.15) is 81.7 Å². The molecule has 0 bridgehead atoms. The van der Waals surface area contributed by atoms with E-state index in [1.165, 1.54) is 25.4 Å². The molecule has 7 rings (SSSR count). The van der Waals surface area contributed by atoms with Gasteiger partial charge >= 0.3 is 12.3 Å². The number of carbonyl (C=O) groups excluding carboxylic acids is 4. The third kappa shape index (κ3) is 8.82. The standard InChI is InChI=1S/C44H51F3N8O5/c1-25(2)37(52-42(59)60-6)41(58)55-17-7-8-35(55)38-49-23-34(51-38)28-11-9-27(10-12-28)31-15-14-30(20-32(31)44(45,46)47)50-39(56)29-13-16-36(48-22-29)54-19-18-53(24-26(54)3)40(57)33-21-43(33,4)5/h9-16,20,22-23,25-26,33,35,37H,7-8,17-19,21,24H2,1-6H3,(H,49,51)(H,50,56)(H,52,59)/t26-,33-,35+,37+/m1/s1. The van der Waals surface area contributed by atoms with Gasteiger partial charge in [0.25, 0.3) is 5.91 Å². The smallest absolute Gasteiger partial charge is 0.417 e. The lowest BCUT2D eigenvalue weighted by Gasteiger charge is -2.40. The van der Waals surface area contributed by atoms with Crippen molar-refractivity contribution in [2.45, 2.75) is 78.2 Å². The number of nitrogens with zero attached hydrogens (tertiary/aromatic N) is 5. The predicted molar refractivity (Wildman–Crippen MR) is 220 cm³/mol. The number of imidazole rings is 1. The minimum Gasteiger partial charge on any atom is -0.453 e. The molecule has 0 spiro atoms. The van der Waals surface area contributed by atoms with Crippen LogP contribution in [-0.2, 0) is 20.5 Å². The fourth-order valence-corrected chi connectivity index (χ4v) is 8.28. The molecule has 2 aliphatic heterocycles. The summed E-state index contributed by atoms with van der Waals surface area (Å²) in [5.74, 6) is 0.477. The fraction of sp³-hybridized carbons (Fsp3) is 0.455. The van der Waals surface area contributed by atoms with Crippen molar-refractivity contribution in [3.8, 4) is 22.4 Å². The molecule has 0 unspecified atom stereocenters. The number of carbonyl (C=O) groups is 4. The van der Waals surface area contributed by atoms with E-state index >= 15 is 0 Å². The molecule has 3 fully saturated rings. The van der Waals surface area contributed by atoms with Crippen molar-refractivity contribution in [3.63, 3.8) is 0 Å². The number of amides is 4. The number of aromatic nitrogens is 3. The molecule has 0 radical (unpaired) electrons. The second-order valence-corrected chi connectivity index (χ2v) is 17.0. The first kappa shape index (κ1) is 42.2. The molecule has 13 nitrogen and oxygen atoms in total. The Morgan fingerprint density at radius 3 is 2.28 bits per heavy atom. The molecule has 1 aliphatic carbocycles. The number of ether oxygens (including phenoxy) is 1. The van der Waals surface area contributed by atoms with Crippen molar-refractivity contribution in [1.82, 2.24) is 30.1 Å². The molecule has 2 aromatic heterocycles. The minimum absolute atomic E-state index is 0.0139. The molecule has 3 N–H and O–H groups in total. The van der Waals surface area contributed by atoms with E-state index in [-0.39, 0.29) is 58.0 Å². The van der Waals surface area contributed by atoms with Crippen LogP contribution in [0.5, 0.6) is 0 Å². The van der Waals surface area contributed by atoms with Crippen LogP contribution in [0.25, 0.3) is 22.4 Å². The highest BCUT2D eigenvalue weighted by atomic mass is 19.4. The van der Waals surface area contributed by atoms with Gasteiger partial charge in [0.15, 0.2) is 0 Å². The molecule has 4 amide bonds. The van der Waals surface area contributed by atoms with E-state index in [1.54, 1.807) is 47.5 Å². The second-order valence-electron chi connectivity index (χ2n) is 17.0. The zero-order valence-electron chi connectivity index (χ0n) is 34.6. The maximum absolute atomic E-state index is 14.5. The zero-order chi connectivity index (χ0) is 43.1. The second kappa shape index (κ2) is 16.6. The summed E-state index contributed by atoms with van der Waals surface area (Å²) in [4.78, 5) is 69.6. The third-order valence-corrected chi connectivity index (χ3v) is 12.0. The Balaban J connectivity index is 1.00. The maximum Gasteiger partial charge on any atom is 0.417 e. The Morgan fingerprint density at radius 1 is 0.950 bits per heavy atom. The molecule has 2 aromatic carbocycles. The van der Waals surface area contributed by atoms with Crippen molar-refractivity contribution in [2.75, 3.05) is 43.5 Å². The minimum atomic E-state index is -4.72. The first-order valence-corrected chi connectivity index (χ1v) is 20.3. The van der Waals surface area contributed by atoms with Crippen LogP contribution in [-0.4, -0.2) is 93.9 Å². The number of hydrogen-bond acceptors (Lipinski definition) is 8. The van der Waals surface area contributed by atoms with Gasteiger partial charge in [-0.15, -0.1) is 0 Å². The van der Waals surface area contributed by atoms with E-state index < -0.39 is 29.8 Å². The predicted octanol–water partition coefficient (Wildman–Crippen LogP) is 7.54. The van der Waals surface area contributed by atoms with E-state index in [9.17, 15) is 32.3 Å². The summed E-state index contributed by atoms with van der Waals surface area (Å²) < 4.78 is 48.3. The quantitative estimate of drug-likeness (QED) is 0.148. The number of pyridine rings is 1. The van der Waals surface area contributed by atoms with E-state index in [0.717, 1.165) is 18.9 Å². The number of methoxy groups -OCH3 is 1. The summed E-state index contributed by atoms with van der Waals surface area (Å²) in [7, 11) is 1.24. The number of likely N-dealkylation sites (tertiary alicyclic amines) is 1. The van der Waals surface area contributed by atoms with Gasteiger partial charge in [-0.25, -0.2) is 14.8 Å². The Morgan fingerprint density at radius 2 is 1.67 bits per heavy atom. The number of piperazine rings is 1. The first-order valence-electron chi connectivity index (χ1n) is 20.3. The van der Waals surface area contributed by atoms with Crippen molar-refractivity contribution < 1.29 is 37.1 Å². The average molecular weight is 829 g/mol. The summed E-state index contributed by atoms with van der Waals surface area (Å²) in [5.41, 5.74) is 0.901. The molecule has 4 aromatic rings. The maximum atomic E-state index is 14.5. The van der Waals surface area contributed by atoms with Gasteiger partial charge in [-0.2, -0.15) is 13.2 Å². The highest BCUT2D eigenvalue weighted by molar-refractivity contribution is 6.04. The monoisotopic (exact) mass is 828 g/mol. The SMILES string of the molecule is COC(=O)N[C@H](C(=O)N1CCC[C@H]1c1ncc(-c2ccc(-c3ccc(NC(=O)c4ccc(N5CCN(C(=O)[C@H]6CC6(C)C)C[C@H]5C)nc4)cc3C(F)(F)F)cc2)[nH]1)C(C)C. The van der Waals surface area contributed by atoms with Crippen LogP contribution in [0, 0.1) is 17.3 Å². The Bertz CT molecular complexity index is 2240. The van der Waals surface area contributed by atoms with Crippen LogP contribution >= 0.6 is 0 Å². The number of hydrogen-bond donors (Lipinski definition) is 3. The summed E-state index contributed by atoms with van der Waals surface area (Å²) in [6.45, 7) is 12.2. The Kier molecular flexibility index (Phi) is 11.7. The van der Waals surface area contributed by atoms with Gasteiger partial charge in [0.2, 0.25) is 11.8 Å². The number of H-pyrrole nitrogens is 1. The topological polar surface area (TPSA) is 153 Å². The van der Waals surface area contributed by atoms with Crippen LogP contribution in [0.2, 0.25) is 0 Å². The van der Waals surface area contributed by atoms with Crippen molar-refractivity contribution in [2.24, 2.45) is 17.3 Å². The number of anilines is 2. The lowest BCUT2D eigenvalue weighted by atomic mass is 9.97. The van der Waals surface area contributed by atoms with Crippen molar-refractivity contribution in [3.05, 3.63) is 83.9 Å². The largest absolute Gasteiger partial charge is 0.453 e. The van der Waals surface area contributed by atoms with E-state index in [0.29, 0.717) is 61.1 Å². The van der Waals surface area contributed by atoms with Gasteiger partial charge in [-0.3, -0.25) is 14.4 Å². The fourth-order valence-electron chi connectivity index (χ4n) is 8.28. The summed E-state index contributed by atoms with van der Waals surface area (Å²) in [6, 6.07) is 12.5. The molecule has 3 aliphatic rings. The number of halogens is 3. The van der Waals surface area contributed by atoms with Gasteiger partial charge in [-0.05, 0) is 78.5 Å². The molecule has 1 saturated carbocycles. The molecule has 16 heteroatoms. The molecule has 318 valence electrons. The average Bonchev–Trinajstić information content (AvgIpc) is 3.56. The van der Waals surface area contributed by atoms with Crippen LogP contribution < -0.4 is 15.5 Å². The molecule has 2 saturated heterocycles.